The molecule has 0 atom stereocenters. The SMILES string of the molecule is CCCCN(C)Cc1cc(C(N)=S)ccc1F. The van der Waals surface area contributed by atoms with Gasteiger partial charge in [0.2, 0.25) is 0 Å². The molecule has 0 aromatic heterocycles. The summed E-state index contributed by atoms with van der Waals surface area (Å²) in [5.74, 6) is -0.201. The second-order valence-electron chi connectivity index (χ2n) is 4.26. The topological polar surface area (TPSA) is 29.3 Å². The maximum Gasteiger partial charge on any atom is 0.127 e. The van der Waals surface area contributed by atoms with Crippen LogP contribution in [-0.4, -0.2) is 23.5 Å². The average molecular weight is 254 g/mol. The van der Waals surface area contributed by atoms with Crippen molar-refractivity contribution >= 4 is 17.2 Å². The highest BCUT2D eigenvalue weighted by molar-refractivity contribution is 7.80. The number of hydrogen-bond donors (Lipinski definition) is 1. The van der Waals surface area contributed by atoms with Gasteiger partial charge in [-0.2, -0.15) is 0 Å². The predicted molar refractivity (Wildman–Crippen MR) is 73.5 cm³/mol. The largest absolute Gasteiger partial charge is 0.389 e. The second kappa shape index (κ2) is 6.67. The summed E-state index contributed by atoms with van der Waals surface area (Å²) in [5, 5.41) is 0. The van der Waals surface area contributed by atoms with E-state index in [2.05, 4.69) is 11.8 Å². The minimum atomic E-state index is -0.201. The maximum atomic E-state index is 13.6. The van der Waals surface area contributed by atoms with Gasteiger partial charge in [0.15, 0.2) is 0 Å². The lowest BCUT2D eigenvalue weighted by atomic mass is 10.1. The lowest BCUT2D eigenvalue weighted by molar-refractivity contribution is 0.315. The van der Waals surface area contributed by atoms with Crippen molar-refractivity contribution < 1.29 is 4.39 Å². The molecule has 0 fully saturated rings. The summed E-state index contributed by atoms with van der Waals surface area (Å²) in [4.78, 5) is 2.41. The van der Waals surface area contributed by atoms with Gasteiger partial charge >= 0.3 is 0 Å². The fourth-order valence-electron chi connectivity index (χ4n) is 1.65. The van der Waals surface area contributed by atoms with E-state index in [0.29, 0.717) is 17.1 Å². The van der Waals surface area contributed by atoms with E-state index in [1.54, 1.807) is 12.1 Å². The number of nitrogens with two attached hydrogens (primary N) is 1. The normalized spacial score (nSPS) is 10.8. The summed E-state index contributed by atoms with van der Waals surface area (Å²) in [7, 11) is 1.99. The first-order chi connectivity index (χ1) is 8.04. The Kier molecular flexibility index (Phi) is 5.51. The molecule has 0 saturated heterocycles. The molecular weight excluding hydrogens is 235 g/mol. The summed E-state index contributed by atoms with van der Waals surface area (Å²) >= 11 is 4.89. The van der Waals surface area contributed by atoms with Crippen LogP contribution in [0.25, 0.3) is 0 Å². The van der Waals surface area contributed by atoms with E-state index in [4.69, 9.17) is 18.0 Å². The molecule has 0 radical (unpaired) electrons. The summed E-state index contributed by atoms with van der Waals surface area (Å²) in [5.41, 5.74) is 6.91. The first-order valence-corrected chi connectivity index (χ1v) is 6.22. The van der Waals surface area contributed by atoms with Crippen LogP contribution in [0.1, 0.15) is 30.9 Å². The Labute approximate surface area is 108 Å². The van der Waals surface area contributed by atoms with E-state index in [-0.39, 0.29) is 5.82 Å². The van der Waals surface area contributed by atoms with E-state index in [0.717, 1.165) is 24.9 Å². The Morgan fingerprint density at radius 1 is 1.47 bits per heavy atom. The smallest absolute Gasteiger partial charge is 0.127 e. The van der Waals surface area contributed by atoms with Crippen LogP contribution in [0.5, 0.6) is 0 Å². The first kappa shape index (κ1) is 14.1. The van der Waals surface area contributed by atoms with Crippen molar-refractivity contribution in [1.29, 1.82) is 0 Å². The van der Waals surface area contributed by atoms with Crippen molar-refractivity contribution in [3.8, 4) is 0 Å². The van der Waals surface area contributed by atoms with Gasteiger partial charge in [-0.05, 0) is 38.2 Å². The van der Waals surface area contributed by atoms with Crippen molar-refractivity contribution in [2.75, 3.05) is 13.6 Å². The molecule has 1 rings (SSSR count). The molecule has 1 aromatic rings. The van der Waals surface area contributed by atoms with Gasteiger partial charge in [0.05, 0.1) is 0 Å². The van der Waals surface area contributed by atoms with Crippen LogP contribution >= 0.6 is 12.2 Å². The number of hydrogen-bond acceptors (Lipinski definition) is 2. The minimum absolute atomic E-state index is 0.201. The maximum absolute atomic E-state index is 13.6. The molecule has 0 aliphatic heterocycles. The van der Waals surface area contributed by atoms with Crippen LogP contribution in [0.2, 0.25) is 0 Å². The van der Waals surface area contributed by atoms with Crippen LogP contribution in [0, 0.1) is 5.82 Å². The fourth-order valence-corrected chi connectivity index (χ4v) is 1.77. The molecule has 0 bridgehead atoms. The quantitative estimate of drug-likeness (QED) is 0.791. The monoisotopic (exact) mass is 254 g/mol. The molecule has 0 aliphatic carbocycles. The molecule has 0 aliphatic rings. The summed E-state index contributed by atoms with van der Waals surface area (Å²) < 4.78 is 13.6. The molecule has 0 heterocycles. The number of rotatable bonds is 6. The molecule has 17 heavy (non-hydrogen) atoms. The summed E-state index contributed by atoms with van der Waals surface area (Å²) in [6.07, 6.45) is 2.26. The minimum Gasteiger partial charge on any atom is -0.389 e. The van der Waals surface area contributed by atoms with Gasteiger partial charge in [0.1, 0.15) is 10.8 Å². The van der Waals surface area contributed by atoms with Gasteiger partial charge in [-0.3, -0.25) is 0 Å². The van der Waals surface area contributed by atoms with Crippen molar-refractivity contribution in [3.05, 3.63) is 35.1 Å². The molecule has 2 nitrogen and oxygen atoms in total. The zero-order valence-corrected chi connectivity index (χ0v) is 11.2. The highest BCUT2D eigenvalue weighted by Gasteiger charge is 2.07. The highest BCUT2D eigenvalue weighted by atomic mass is 32.1. The van der Waals surface area contributed by atoms with Gasteiger partial charge in [-0.1, -0.05) is 25.6 Å². The Balaban J connectivity index is 2.75. The molecule has 4 heteroatoms. The molecule has 0 unspecified atom stereocenters. The van der Waals surface area contributed by atoms with Crippen molar-refractivity contribution in [3.63, 3.8) is 0 Å². The van der Waals surface area contributed by atoms with Gasteiger partial charge < -0.3 is 10.6 Å². The molecule has 0 amide bonds. The van der Waals surface area contributed by atoms with Gasteiger partial charge in [-0.25, -0.2) is 4.39 Å². The third-order valence-electron chi connectivity index (χ3n) is 2.66. The molecule has 2 N–H and O–H groups in total. The van der Waals surface area contributed by atoms with E-state index in [1.165, 1.54) is 6.07 Å². The highest BCUT2D eigenvalue weighted by Crippen LogP contribution is 2.13. The summed E-state index contributed by atoms with van der Waals surface area (Å²) in [6.45, 7) is 3.69. The third-order valence-corrected chi connectivity index (χ3v) is 2.90. The zero-order chi connectivity index (χ0) is 12.8. The van der Waals surface area contributed by atoms with Gasteiger partial charge in [0, 0.05) is 17.7 Å². The Hall–Kier alpha value is -1.00. The van der Waals surface area contributed by atoms with E-state index in [1.807, 2.05) is 7.05 Å². The van der Waals surface area contributed by atoms with Crippen LogP contribution in [-0.2, 0) is 6.54 Å². The van der Waals surface area contributed by atoms with E-state index < -0.39 is 0 Å². The number of benzene rings is 1. The first-order valence-electron chi connectivity index (χ1n) is 5.81. The number of nitrogens with zero attached hydrogens (tertiary/aromatic N) is 1. The van der Waals surface area contributed by atoms with Crippen molar-refractivity contribution in [2.45, 2.75) is 26.3 Å². The van der Waals surface area contributed by atoms with Gasteiger partial charge in [-0.15, -0.1) is 0 Å². The molecule has 0 saturated carbocycles. The predicted octanol–water partition coefficient (Wildman–Crippen LogP) is 2.69. The Morgan fingerprint density at radius 3 is 2.76 bits per heavy atom. The summed E-state index contributed by atoms with van der Waals surface area (Å²) in [6, 6.07) is 4.78. The average Bonchev–Trinajstić information content (AvgIpc) is 2.29. The number of halogens is 1. The van der Waals surface area contributed by atoms with E-state index >= 15 is 0 Å². The molecule has 94 valence electrons. The standard InChI is InChI=1S/C13H19FN2S/c1-3-4-7-16(2)9-11-8-10(13(15)17)5-6-12(11)14/h5-6,8H,3-4,7,9H2,1-2H3,(H2,15,17). The van der Waals surface area contributed by atoms with Crippen LogP contribution in [0.3, 0.4) is 0 Å². The number of thiocarbonyl (C=S) groups is 1. The lowest BCUT2D eigenvalue weighted by Gasteiger charge is -2.17. The number of unbranched alkanes of at least 4 members (excludes halogenated alkanes) is 1. The van der Waals surface area contributed by atoms with Crippen molar-refractivity contribution in [1.82, 2.24) is 4.90 Å². The van der Waals surface area contributed by atoms with Crippen molar-refractivity contribution in [2.24, 2.45) is 5.73 Å². The molecule has 0 spiro atoms. The third kappa shape index (κ3) is 4.40. The van der Waals surface area contributed by atoms with Gasteiger partial charge in [0.25, 0.3) is 0 Å². The Bertz CT molecular complexity index is 393. The van der Waals surface area contributed by atoms with E-state index in [9.17, 15) is 4.39 Å². The van der Waals surface area contributed by atoms with Crippen LogP contribution in [0.4, 0.5) is 4.39 Å². The zero-order valence-electron chi connectivity index (χ0n) is 10.4. The van der Waals surface area contributed by atoms with Crippen LogP contribution < -0.4 is 5.73 Å². The molecular formula is C13H19FN2S. The lowest BCUT2D eigenvalue weighted by Crippen LogP contribution is -2.20. The molecule has 1 aromatic carbocycles. The fraction of sp³-hybridized carbons (Fsp3) is 0.462. The van der Waals surface area contributed by atoms with Crippen LogP contribution in [0.15, 0.2) is 18.2 Å². The second-order valence-corrected chi connectivity index (χ2v) is 4.70. The Morgan fingerprint density at radius 2 is 2.18 bits per heavy atom.